The number of nitrogen functional groups attached to an aromatic ring is 1. The van der Waals surface area contributed by atoms with Crippen LogP contribution < -0.4 is 5.73 Å². The van der Waals surface area contributed by atoms with Crippen molar-refractivity contribution in [3.8, 4) is 0 Å². The number of fused-ring (bicyclic) bond motifs is 2. The molecule has 0 amide bonds. The van der Waals surface area contributed by atoms with Crippen molar-refractivity contribution in [1.29, 1.82) is 0 Å². The van der Waals surface area contributed by atoms with Gasteiger partial charge in [0.05, 0.1) is 10.4 Å². The molecule has 0 fully saturated rings. The number of rotatable bonds is 2. The summed E-state index contributed by atoms with van der Waals surface area (Å²) in [6.07, 6.45) is 0. The fraction of sp³-hybridized carbons (Fsp3) is 0. The van der Waals surface area contributed by atoms with E-state index in [0.717, 1.165) is 5.39 Å². The second-order valence-electron chi connectivity index (χ2n) is 5.31. The van der Waals surface area contributed by atoms with Crippen LogP contribution in [0.25, 0.3) is 21.7 Å². The molecule has 0 unspecified atom stereocenters. The quantitative estimate of drug-likeness (QED) is 0.555. The van der Waals surface area contributed by atoms with Crippen LogP contribution in [0.3, 0.4) is 0 Å². The van der Waals surface area contributed by atoms with Crippen molar-refractivity contribution in [2.24, 2.45) is 0 Å². The molecule has 0 aliphatic heterocycles. The average Bonchev–Trinajstić information content (AvgIpc) is 2.98. The Labute approximate surface area is 132 Å². The standard InChI is InChI=1S/C17H13N3O2S/c18-12-8-9-15-14(10-12)17(20-19-15)23(21,22)16-7-3-5-11-4-1-2-6-13(11)16/h1-10H,18H2,(H,19,20). The summed E-state index contributed by atoms with van der Waals surface area (Å²) in [6.45, 7) is 0. The SMILES string of the molecule is Nc1ccc2[nH]nc(S(=O)(=O)c3cccc4ccccc34)c2c1. The molecular formula is C17H13N3O2S. The first-order valence-electron chi connectivity index (χ1n) is 7.04. The molecule has 6 heteroatoms. The molecule has 5 nitrogen and oxygen atoms in total. The number of hydrogen-bond acceptors (Lipinski definition) is 4. The van der Waals surface area contributed by atoms with Crippen molar-refractivity contribution in [3.63, 3.8) is 0 Å². The van der Waals surface area contributed by atoms with E-state index in [1.165, 1.54) is 0 Å². The van der Waals surface area contributed by atoms with Gasteiger partial charge in [-0.3, -0.25) is 5.10 Å². The van der Waals surface area contributed by atoms with Crippen LogP contribution in [0.5, 0.6) is 0 Å². The Bertz CT molecular complexity index is 1140. The largest absolute Gasteiger partial charge is 0.399 e. The molecule has 0 spiro atoms. The average molecular weight is 323 g/mol. The maximum atomic E-state index is 13.1. The predicted molar refractivity (Wildman–Crippen MR) is 89.9 cm³/mol. The van der Waals surface area contributed by atoms with E-state index in [1.54, 1.807) is 36.4 Å². The highest BCUT2D eigenvalue weighted by molar-refractivity contribution is 7.91. The van der Waals surface area contributed by atoms with Gasteiger partial charge in [0, 0.05) is 16.5 Å². The van der Waals surface area contributed by atoms with Gasteiger partial charge in [0.25, 0.3) is 0 Å². The molecule has 3 N–H and O–H groups in total. The summed E-state index contributed by atoms with van der Waals surface area (Å²) in [4.78, 5) is 0.242. The van der Waals surface area contributed by atoms with E-state index in [2.05, 4.69) is 10.2 Å². The van der Waals surface area contributed by atoms with Crippen molar-refractivity contribution in [2.75, 3.05) is 5.73 Å². The molecule has 23 heavy (non-hydrogen) atoms. The third kappa shape index (κ3) is 2.07. The Balaban J connectivity index is 2.04. The molecular weight excluding hydrogens is 310 g/mol. The van der Waals surface area contributed by atoms with Gasteiger partial charge in [0.15, 0.2) is 5.03 Å². The minimum Gasteiger partial charge on any atom is -0.399 e. The third-order valence-corrected chi connectivity index (χ3v) is 5.60. The highest BCUT2D eigenvalue weighted by Crippen LogP contribution is 2.31. The summed E-state index contributed by atoms with van der Waals surface area (Å²) in [7, 11) is -3.76. The zero-order chi connectivity index (χ0) is 16.0. The molecule has 114 valence electrons. The minimum atomic E-state index is -3.76. The molecule has 1 aromatic heterocycles. The smallest absolute Gasteiger partial charge is 0.226 e. The summed E-state index contributed by atoms with van der Waals surface area (Å²) >= 11 is 0. The van der Waals surface area contributed by atoms with Crippen molar-refractivity contribution in [3.05, 3.63) is 60.7 Å². The molecule has 0 radical (unpaired) electrons. The number of nitrogens with two attached hydrogens (primary N) is 1. The lowest BCUT2D eigenvalue weighted by Crippen LogP contribution is -2.04. The molecule has 0 saturated heterocycles. The van der Waals surface area contributed by atoms with Gasteiger partial charge in [-0.25, -0.2) is 8.42 Å². The predicted octanol–water partition coefficient (Wildman–Crippen LogP) is 3.13. The first kappa shape index (κ1) is 13.8. The Morgan fingerprint density at radius 2 is 1.70 bits per heavy atom. The number of aromatic amines is 1. The fourth-order valence-electron chi connectivity index (χ4n) is 2.75. The third-order valence-electron chi connectivity index (χ3n) is 3.85. The number of nitrogens with zero attached hydrogens (tertiary/aromatic N) is 1. The van der Waals surface area contributed by atoms with Crippen molar-refractivity contribution >= 4 is 37.2 Å². The normalized spacial score (nSPS) is 12.0. The van der Waals surface area contributed by atoms with Gasteiger partial charge in [-0.1, -0.05) is 36.4 Å². The minimum absolute atomic E-state index is 0.00356. The van der Waals surface area contributed by atoms with Gasteiger partial charge < -0.3 is 5.73 Å². The molecule has 0 atom stereocenters. The molecule has 0 saturated carbocycles. The van der Waals surface area contributed by atoms with Crippen molar-refractivity contribution < 1.29 is 8.42 Å². The molecule has 0 aliphatic rings. The molecule has 1 heterocycles. The Kier molecular flexibility index (Phi) is 2.89. The van der Waals surface area contributed by atoms with Gasteiger partial charge in [-0.05, 0) is 29.7 Å². The number of nitrogens with one attached hydrogen (secondary N) is 1. The van der Waals surface area contributed by atoms with Crippen LogP contribution >= 0.6 is 0 Å². The van der Waals surface area contributed by atoms with E-state index in [9.17, 15) is 8.42 Å². The summed E-state index contributed by atoms with van der Waals surface area (Å²) in [5.74, 6) is 0. The Morgan fingerprint density at radius 3 is 2.57 bits per heavy atom. The molecule has 3 aromatic carbocycles. The fourth-order valence-corrected chi connectivity index (χ4v) is 4.31. The van der Waals surface area contributed by atoms with Crippen molar-refractivity contribution in [1.82, 2.24) is 10.2 Å². The Morgan fingerprint density at radius 1 is 0.913 bits per heavy atom. The zero-order valence-electron chi connectivity index (χ0n) is 12.0. The van der Waals surface area contributed by atoms with Gasteiger partial charge in [0.1, 0.15) is 0 Å². The van der Waals surface area contributed by atoms with E-state index in [0.29, 0.717) is 22.0 Å². The first-order chi connectivity index (χ1) is 11.1. The lowest BCUT2D eigenvalue weighted by atomic mass is 10.1. The van der Waals surface area contributed by atoms with Gasteiger partial charge >= 0.3 is 0 Å². The van der Waals surface area contributed by atoms with Crippen LogP contribution in [0, 0.1) is 0 Å². The highest BCUT2D eigenvalue weighted by atomic mass is 32.2. The van der Waals surface area contributed by atoms with Gasteiger partial charge in [0.2, 0.25) is 9.84 Å². The lowest BCUT2D eigenvalue weighted by Gasteiger charge is -2.06. The molecule has 4 aromatic rings. The number of hydrogen-bond donors (Lipinski definition) is 2. The number of sulfone groups is 1. The lowest BCUT2D eigenvalue weighted by molar-refractivity contribution is 0.593. The Hall–Kier alpha value is -2.86. The first-order valence-corrected chi connectivity index (χ1v) is 8.52. The highest BCUT2D eigenvalue weighted by Gasteiger charge is 2.25. The number of aromatic nitrogens is 2. The van der Waals surface area contributed by atoms with E-state index < -0.39 is 9.84 Å². The van der Waals surface area contributed by atoms with E-state index >= 15 is 0 Å². The molecule has 0 aliphatic carbocycles. The van der Waals surface area contributed by atoms with Crippen LogP contribution in [0.1, 0.15) is 0 Å². The monoisotopic (exact) mass is 323 g/mol. The van der Waals surface area contributed by atoms with Gasteiger partial charge in [-0.15, -0.1) is 0 Å². The second kappa shape index (κ2) is 4.82. The molecule has 4 rings (SSSR count). The van der Waals surface area contributed by atoms with Crippen LogP contribution in [-0.4, -0.2) is 18.6 Å². The summed E-state index contributed by atoms with van der Waals surface area (Å²) in [5, 5.41) is 8.82. The van der Waals surface area contributed by atoms with E-state index in [1.807, 2.05) is 24.3 Å². The van der Waals surface area contributed by atoms with Crippen LogP contribution in [-0.2, 0) is 9.84 Å². The maximum Gasteiger partial charge on any atom is 0.226 e. The van der Waals surface area contributed by atoms with Crippen LogP contribution in [0.4, 0.5) is 5.69 Å². The summed E-state index contributed by atoms with van der Waals surface area (Å²) < 4.78 is 26.2. The van der Waals surface area contributed by atoms with Crippen molar-refractivity contribution in [2.45, 2.75) is 9.92 Å². The van der Waals surface area contributed by atoms with E-state index in [4.69, 9.17) is 5.73 Å². The zero-order valence-corrected chi connectivity index (χ0v) is 12.8. The molecule has 0 bridgehead atoms. The summed E-state index contributed by atoms with van der Waals surface area (Å²) in [6, 6.07) is 17.6. The number of H-pyrrole nitrogens is 1. The number of anilines is 1. The van der Waals surface area contributed by atoms with Gasteiger partial charge in [-0.2, -0.15) is 5.10 Å². The number of benzene rings is 3. The topological polar surface area (TPSA) is 88.8 Å². The van der Waals surface area contributed by atoms with Crippen LogP contribution in [0.2, 0.25) is 0 Å². The van der Waals surface area contributed by atoms with E-state index in [-0.39, 0.29) is 9.92 Å². The summed E-state index contributed by atoms with van der Waals surface area (Å²) in [5.41, 5.74) is 6.92. The second-order valence-corrected chi connectivity index (χ2v) is 7.15. The maximum absolute atomic E-state index is 13.1. The van der Waals surface area contributed by atoms with Crippen LogP contribution in [0.15, 0.2) is 70.6 Å².